The quantitative estimate of drug-likeness (QED) is 0.446. The molecule has 0 aliphatic heterocycles. The molecule has 108 valence electrons. The zero-order valence-electron chi connectivity index (χ0n) is 11.1. The van der Waals surface area contributed by atoms with E-state index in [4.69, 9.17) is 5.84 Å². The molecule has 0 fully saturated rings. The standard InChI is InChI=1S/C16H14Br2N2S/c17-11-5-6-13(14(18)8-11)15(20-19)7-10-9-21-16-4-2-1-3-12(10)16/h1-6,8-9,15,20H,7,19H2. The highest BCUT2D eigenvalue weighted by molar-refractivity contribution is 9.11. The van der Waals surface area contributed by atoms with E-state index in [0.29, 0.717) is 0 Å². The van der Waals surface area contributed by atoms with Gasteiger partial charge in [0.05, 0.1) is 6.04 Å². The lowest BCUT2D eigenvalue weighted by molar-refractivity contribution is 0.552. The highest BCUT2D eigenvalue weighted by Crippen LogP contribution is 2.32. The molecule has 0 amide bonds. The van der Waals surface area contributed by atoms with Crippen molar-refractivity contribution in [1.29, 1.82) is 0 Å². The van der Waals surface area contributed by atoms with Crippen molar-refractivity contribution in [2.24, 2.45) is 5.84 Å². The molecule has 0 aliphatic carbocycles. The smallest absolute Gasteiger partial charge is 0.0511 e. The van der Waals surface area contributed by atoms with Crippen LogP contribution in [0.5, 0.6) is 0 Å². The van der Waals surface area contributed by atoms with Crippen LogP contribution in [-0.4, -0.2) is 0 Å². The molecule has 2 nitrogen and oxygen atoms in total. The van der Waals surface area contributed by atoms with Gasteiger partial charge in [-0.25, -0.2) is 0 Å². The fourth-order valence-electron chi connectivity index (χ4n) is 2.45. The average Bonchev–Trinajstić information content (AvgIpc) is 2.89. The van der Waals surface area contributed by atoms with Gasteiger partial charge in [-0.15, -0.1) is 11.3 Å². The minimum absolute atomic E-state index is 0.0745. The van der Waals surface area contributed by atoms with Gasteiger partial charge in [-0.1, -0.05) is 56.1 Å². The van der Waals surface area contributed by atoms with Crippen LogP contribution in [0.1, 0.15) is 17.2 Å². The van der Waals surface area contributed by atoms with Crippen molar-refractivity contribution in [2.45, 2.75) is 12.5 Å². The van der Waals surface area contributed by atoms with Gasteiger partial charge in [0.2, 0.25) is 0 Å². The van der Waals surface area contributed by atoms with Crippen molar-refractivity contribution >= 4 is 53.3 Å². The molecule has 0 aliphatic rings. The van der Waals surface area contributed by atoms with Crippen molar-refractivity contribution in [3.8, 4) is 0 Å². The summed E-state index contributed by atoms with van der Waals surface area (Å²) in [7, 11) is 0. The number of benzene rings is 2. The molecule has 3 aromatic rings. The van der Waals surface area contributed by atoms with Crippen LogP contribution in [0.3, 0.4) is 0 Å². The summed E-state index contributed by atoms with van der Waals surface area (Å²) >= 11 is 8.88. The maximum Gasteiger partial charge on any atom is 0.0511 e. The second-order valence-electron chi connectivity index (χ2n) is 4.85. The Morgan fingerprint density at radius 1 is 1.14 bits per heavy atom. The highest BCUT2D eigenvalue weighted by atomic mass is 79.9. The number of hydrogen-bond donors (Lipinski definition) is 2. The molecule has 5 heteroatoms. The van der Waals surface area contributed by atoms with Crippen LogP contribution >= 0.6 is 43.2 Å². The molecule has 3 rings (SSSR count). The molecule has 2 aromatic carbocycles. The molecule has 0 saturated heterocycles. The predicted molar refractivity (Wildman–Crippen MR) is 97.4 cm³/mol. The molecule has 0 spiro atoms. The van der Waals surface area contributed by atoms with Gasteiger partial charge in [-0.3, -0.25) is 11.3 Å². The molecule has 0 saturated carbocycles. The van der Waals surface area contributed by atoms with Crippen LogP contribution in [0.15, 0.2) is 56.8 Å². The van der Waals surface area contributed by atoms with Crippen LogP contribution in [-0.2, 0) is 6.42 Å². The highest BCUT2D eigenvalue weighted by Gasteiger charge is 2.16. The maximum atomic E-state index is 5.79. The van der Waals surface area contributed by atoms with Crippen LogP contribution < -0.4 is 11.3 Å². The normalized spacial score (nSPS) is 12.7. The zero-order valence-corrected chi connectivity index (χ0v) is 15.1. The number of thiophene rings is 1. The number of hydrogen-bond acceptors (Lipinski definition) is 3. The van der Waals surface area contributed by atoms with Gasteiger partial charge < -0.3 is 0 Å². The summed E-state index contributed by atoms with van der Waals surface area (Å²) in [4.78, 5) is 0. The molecule has 1 unspecified atom stereocenters. The zero-order chi connectivity index (χ0) is 14.8. The van der Waals surface area contributed by atoms with Crippen LogP contribution in [0, 0.1) is 0 Å². The fourth-order valence-corrected chi connectivity index (χ4v) is 4.75. The Morgan fingerprint density at radius 2 is 1.95 bits per heavy atom. The third kappa shape index (κ3) is 3.22. The van der Waals surface area contributed by atoms with Gasteiger partial charge in [0.1, 0.15) is 0 Å². The average molecular weight is 426 g/mol. The van der Waals surface area contributed by atoms with Crippen molar-refractivity contribution in [3.05, 3.63) is 67.9 Å². The summed E-state index contributed by atoms with van der Waals surface area (Å²) < 4.78 is 3.42. The molecule has 1 heterocycles. The number of rotatable bonds is 4. The summed E-state index contributed by atoms with van der Waals surface area (Å²) in [6, 6.07) is 14.7. The Balaban J connectivity index is 1.94. The topological polar surface area (TPSA) is 38.0 Å². The first-order valence-electron chi connectivity index (χ1n) is 6.55. The van der Waals surface area contributed by atoms with Crippen LogP contribution in [0.2, 0.25) is 0 Å². The Labute approximate surface area is 144 Å². The Morgan fingerprint density at radius 3 is 2.71 bits per heavy atom. The van der Waals surface area contributed by atoms with Gasteiger partial charge in [-0.2, -0.15) is 0 Å². The van der Waals surface area contributed by atoms with Crippen molar-refractivity contribution in [2.75, 3.05) is 0 Å². The van der Waals surface area contributed by atoms with E-state index in [2.05, 4.69) is 73.0 Å². The third-order valence-electron chi connectivity index (χ3n) is 3.52. The predicted octanol–water partition coefficient (Wildman–Crippen LogP) is 5.17. The second kappa shape index (κ2) is 6.58. The molecule has 0 radical (unpaired) electrons. The monoisotopic (exact) mass is 424 g/mol. The van der Waals surface area contributed by atoms with E-state index < -0.39 is 0 Å². The number of hydrazine groups is 1. The second-order valence-corrected chi connectivity index (χ2v) is 7.53. The van der Waals surface area contributed by atoms with E-state index in [9.17, 15) is 0 Å². The number of halogens is 2. The largest absolute Gasteiger partial charge is 0.271 e. The Kier molecular flexibility index (Phi) is 4.76. The first kappa shape index (κ1) is 15.2. The summed E-state index contributed by atoms with van der Waals surface area (Å²) in [5.41, 5.74) is 5.43. The minimum atomic E-state index is 0.0745. The van der Waals surface area contributed by atoms with Gasteiger partial charge in [0, 0.05) is 13.6 Å². The van der Waals surface area contributed by atoms with E-state index in [-0.39, 0.29) is 6.04 Å². The summed E-state index contributed by atoms with van der Waals surface area (Å²) in [5.74, 6) is 5.79. The van der Waals surface area contributed by atoms with Gasteiger partial charge in [0.25, 0.3) is 0 Å². The van der Waals surface area contributed by atoms with Crippen molar-refractivity contribution in [3.63, 3.8) is 0 Å². The Bertz CT molecular complexity index is 770. The number of nitrogens with one attached hydrogen (secondary N) is 1. The van der Waals surface area contributed by atoms with Gasteiger partial charge >= 0.3 is 0 Å². The SMILES string of the molecule is NNC(Cc1csc2ccccc12)c1ccc(Br)cc1Br. The first-order chi connectivity index (χ1) is 10.2. The van der Waals surface area contributed by atoms with Crippen LogP contribution in [0.4, 0.5) is 0 Å². The first-order valence-corrected chi connectivity index (χ1v) is 9.02. The Hall–Kier alpha value is -0.720. The summed E-state index contributed by atoms with van der Waals surface area (Å²) in [6.45, 7) is 0. The van der Waals surface area contributed by atoms with Crippen LogP contribution in [0.25, 0.3) is 10.1 Å². The molecule has 3 N–H and O–H groups in total. The van der Waals surface area contributed by atoms with Crippen molar-refractivity contribution < 1.29 is 0 Å². The van der Waals surface area contributed by atoms with E-state index in [0.717, 1.165) is 20.9 Å². The molecule has 1 aromatic heterocycles. The number of nitrogens with two attached hydrogens (primary N) is 1. The van der Waals surface area contributed by atoms with E-state index in [1.165, 1.54) is 15.6 Å². The number of fused-ring (bicyclic) bond motifs is 1. The van der Waals surface area contributed by atoms with Gasteiger partial charge in [-0.05, 0) is 46.5 Å². The van der Waals surface area contributed by atoms with Crippen molar-refractivity contribution in [1.82, 2.24) is 5.43 Å². The maximum absolute atomic E-state index is 5.79. The molecular weight excluding hydrogens is 412 g/mol. The molecule has 0 bridgehead atoms. The van der Waals surface area contributed by atoms with Gasteiger partial charge in [0.15, 0.2) is 0 Å². The lowest BCUT2D eigenvalue weighted by Crippen LogP contribution is -2.29. The fraction of sp³-hybridized carbons (Fsp3) is 0.125. The lowest BCUT2D eigenvalue weighted by Gasteiger charge is -2.18. The van der Waals surface area contributed by atoms with E-state index >= 15 is 0 Å². The summed E-state index contributed by atoms with van der Waals surface area (Å²) in [6.07, 6.45) is 0.862. The molecule has 1 atom stereocenters. The van der Waals surface area contributed by atoms with E-state index in [1.807, 2.05) is 12.1 Å². The van der Waals surface area contributed by atoms with E-state index in [1.54, 1.807) is 11.3 Å². The summed E-state index contributed by atoms with van der Waals surface area (Å²) in [5, 5.41) is 3.54. The third-order valence-corrected chi connectivity index (χ3v) is 5.72. The molecule has 21 heavy (non-hydrogen) atoms. The lowest BCUT2D eigenvalue weighted by atomic mass is 9.99. The molecular formula is C16H14Br2N2S. The minimum Gasteiger partial charge on any atom is -0.271 e.